The molecular formula is C10H13N3O3S. The van der Waals surface area contributed by atoms with Crippen molar-refractivity contribution >= 4 is 28.5 Å². The molecule has 1 aliphatic carbocycles. The highest BCUT2D eigenvalue weighted by molar-refractivity contribution is 7.13. The number of nitrogens with zero attached hydrogens (tertiary/aromatic N) is 1. The summed E-state index contributed by atoms with van der Waals surface area (Å²) in [7, 11) is 0. The van der Waals surface area contributed by atoms with Crippen LogP contribution < -0.4 is 10.6 Å². The second kappa shape index (κ2) is 4.70. The maximum Gasteiger partial charge on any atom is 0.325 e. The van der Waals surface area contributed by atoms with Gasteiger partial charge in [-0.25, -0.2) is 9.78 Å². The fraction of sp³-hybridized carbons (Fsp3) is 0.500. The lowest BCUT2D eigenvalue weighted by atomic mass is 10.3. The van der Waals surface area contributed by atoms with Crippen LogP contribution in [0.2, 0.25) is 0 Å². The van der Waals surface area contributed by atoms with Crippen molar-refractivity contribution in [2.75, 3.05) is 5.32 Å². The van der Waals surface area contributed by atoms with Crippen LogP contribution in [-0.2, 0) is 4.79 Å². The number of aliphatic carboxylic acids is 1. The summed E-state index contributed by atoms with van der Waals surface area (Å²) in [4.78, 5) is 26.2. The standard InChI is InChI=1S/C10H13N3O3S/c1-5(8(14)15)11-9(16)13-10-12-7(4-17-10)6-2-3-6/h4-6H,2-3H2,1H3,(H,14,15)(H2,11,12,13,16)/t5-/m0/s1. The highest BCUT2D eigenvalue weighted by Crippen LogP contribution is 2.40. The molecule has 0 aliphatic heterocycles. The van der Waals surface area contributed by atoms with Gasteiger partial charge in [0.2, 0.25) is 0 Å². The van der Waals surface area contributed by atoms with E-state index < -0.39 is 18.0 Å². The molecule has 2 amide bonds. The van der Waals surface area contributed by atoms with Crippen molar-refractivity contribution in [1.29, 1.82) is 0 Å². The van der Waals surface area contributed by atoms with Gasteiger partial charge >= 0.3 is 12.0 Å². The number of nitrogens with one attached hydrogen (secondary N) is 2. The normalized spacial score (nSPS) is 16.3. The number of aromatic nitrogens is 1. The van der Waals surface area contributed by atoms with E-state index in [-0.39, 0.29) is 0 Å². The van der Waals surface area contributed by atoms with Gasteiger partial charge in [-0.15, -0.1) is 11.3 Å². The molecule has 7 heteroatoms. The minimum atomic E-state index is -1.07. The first-order valence-electron chi connectivity index (χ1n) is 5.32. The van der Waals surface area contributed by atoms with E-state index in [2.05, 4.69) is 15.6 Å². The quantitative estimate of drug-likeness (QED) is 0.762. The zero-order valence-corrected chi connectivity index (χ0v) is 10.1. The van der Waals surface area contributed by atoms with Gasteiger partial charge < -0.3 is 10.4 Å². The van der Waals surface area contributed by atoms with E-state index in [1.165, 1.54) is 18.3 Å². The number of hydrogen-bond donors (Lipinski definition) is 3. The number of carboxylic acid groups (broad SMARTS) is 1. The molecule has 6 nitrogen and oxygen atoms in total. The smallest absolute Gasteiger partial charge is 0.325 e. The van der Waals surface area contributed by atoms with Gasteiger partial charge in [0, 0.05) is 11.3 Å². The maximum absolute atomic E-state index is 11.4. The van der Waals surface area contributed by atoms with Crippen LogP contribution in [0.25, 0.3) is 0 Å². The number of hydrogen-bond acceptors (Lipinski definition) is 4. The Morgan fingerprint density at radius 1 is 1.59 bits per heavy atom. The molecule has 1 atom stereocenters. The molecule has 1 aromatic rings. The number of carboxylic acids is 1. The molecule has 0 aromatic carbocycles. The summed E-state index contributed by atoms with van der Waals surface area (Å²) in [6.07, 6.45) is 2.32. The number of urea groups is 1. The molecule has 0 spiro atoms. The molecule has 1 fully saturated rings. The van der Waals surface area contributed by atoms with E-state index in [1.807, 2.05) is 5.38 Å². The molecular weight excluding hydrogens is 242 g/mol. The first kappa shape index (κ1) is 11.8. The molecule has 17 heavy (non-hydrogen) atoms. The predicted molar refractivity (Wildman–Crippen MR) is 63.3 cm³/mol. The third-order valence-electron chi connectivity index (χ3n) is 2.46. The predicted octanol–water partition coefficient (Wildman–Crippen LogP) is 1.62. The molecule has 1 heterocycles. The third kappa shape index (κ3) is 3.16. The van der Waals surface area contributed by atoms with Crippen LogP contribution in [0.15, 0.2) is 5.38 Å². The van der Waals surface area contributed by atoms with Crippen molar-refractivity contribution in [3.63, 3.8) is 0 Å². The first-order valence-corrected chi connectivity index (χ1v) is 6.20. The highest BCUT2D eigenvalue weighted by Gasteiger charge is 2.26. The van der Waals surface area contributed by atoms with Gasteiger partial charge in [0.15, 0.2) is 5.13 Å². The van der Waals surface area contributed by atoms with E-state index in [9.17, 15) is 9.59 Å². The molecule has 0 radical (unpaired) electrons. The number of carbonyl (C=O) groups excluding carboxylic acids is 1. The second-order valence-corrected chi connectivity index (χ2v) is 4.87. The van der Waals surface area contributed by atoms with Gasteiger partial charge in [-0.3, -0.25) is 10.1 Å². The van der Waals surface area contributed by atoms with Crippen LogP contribution >= 0.6 is 11.3 Å². The van der Waals surface area contributed by atoms with Crippen molar-refractivity contribution in [3.05, 3.63) is 11.1 Å². The Balaban J connectivity index is 1.86. The minimum absolute atomic E-state index is 0.502. The van der Waals surface area contributed by atoms with Gasteiger partial charge in [0.05, 0.1) is 5.69 Å². The van der Waals surface area contributed by atoms with Crippen LogP contribution in [0.4, 0.5) is 9.93 Å². The van der Waals surface area contributed by atoms with Crippen molar-refractivity contribution < 1.29 is 14.7 Å². The Kier molecular flexibility index (Phi) is 3.28. The number of rotatable bonds is 4. The van der Waals surface area contributed by atoms with Gasteiger partial charge in [-0.2, -0.15) is 0 Å². The van der Waals surface area contributed by atoms with Crippen molar-refractivity contribution in [2.24, 2.45) is 0 Å². The van der Waals surface area contributed by atoms with Crippen LogP contribution in [0, 0.1) is 0 Å². The topological polar surface area (TPSA) is 91.3 Å². The van der Waals surface area contributed by atoms with E-state index in [0.29, 0.717) is 11.0 Å². The Bertz CT molecular complexity index is 442. The first-order chi connectivity index (χ1) is 8.06. The zero-order chi connectivity index (χ0) is 12.4. The largest absolute Gasteiger partial charge is 0.480 e. The summed E-state index contributed by atoms with van der Waals surface area (Å²) < 4.78 is 0. The third-order valence-corrected chi connectivity index (χ3v) is 3.23. The number of carbonyl (C=O) groups is 2. The summed E-state index contributed by atoms with van der Waals surface area (Å²) in [5.74, 6) is -0.527. The minimum Gasteiger partial charge on any atom is -0.480 e. The van der Waals surface area contributed by atoms with E-state index in [4.69, 9.17) is 5.11 Å². The average molecular weight is 255 g/mol. The van der Waals surface area contributed by atoms with E-state index in [0.717, 1.165) is 18.5 Å². The molecule has 0 unspecified atom stereocenters. The van der Waals surface area contributed by atoms with Gasteiger partial charge in [0.25, 0.3) is 0 Å². The summed E-state index contributed by atoms with van der Waals surface area (Å²) in [6, 6.07) is -1.46. The van der Waals surface area contributed by atoms with Crippen LogP contribution in [0.1, 0.15) is 31.4 Å². The lowest BCUT2D eigenvalue weighted by Crippen LogP contribution is -2.40. The molecule has 1 saturated carbocycles. The molecule has 2 rings (SSSR count). The Labute approximate surface area is 102 Å². The molecule has 0 bridgehead atoms. The fourth-order valence-corrected chi connectivity index (χ4v) is 2.09. The molecule has 1 aliphatic rings. The summed E-state index contributed by atoms with van der Waals surface area (Å²) >= 11 is 1.35. The maximum atomic E-state index is 11.4. The Hall–Kier alpha value is -1.63. The zero-order valence-electron chi connectivity index (χ0n) is 9.27. The molecule has 1 aromatic heterocycles. The van der Waals surface area contributed by atoms with Crippen molar-refractivity contribution in [3.8, 4) is 0 Å². The van der Waals surface area contributed by atoms with Crippen LogP contribution in [0.3, 0.4) is 0 Å². The van der Waals surface area contributed by atoms with Crippen LogP contribution in [0.5, 0.6) is 0 Å². The van der Waals surface area contributed by atoms with Gasteiger partial charge in [-0.05, 0) is 19.8 Å². The number of thiazole rings is 1. The molecule has 0 saturated heterocycles. The molecule has 3 N–H and O–H groups in total. The van der Waals surface area contributed by atoms with Crippen molar-refractivity contribution in [2.45, 2.75) is 31.7 Å². The SMILES string of the molecule is C[C@H](NC(=O)Nc1nc(C2CC2)cs1)C(=O)O. The number of amides is 2. The number of anilines is 1. The van der Waals surface area contributed by atoms with E-state index in [1.54, 1.807) is 0 Å². The highest BCUT2D eigenvalue weighted by atomic mass is 32.1. The lowest BCUT2D eigenvalue weighted by molar-refractivity contribution is -0.138. The summed E-state index contributed by atoms with van der Waals surface area (Å²) in [5.41, 5.74) is 1.01. The Morgan fingerprint density at radius 3 is 2.88 bits per heavy atom. The summed E-state index contributed by atoms with van der Waals surface area (Å²) in [5, 5.41) is 15.9. The molecule has 92 valence electrons. The second-order valence-electron chi connectivity index (χ2n) is 4.01. The van der Waals surface area contributed by atoms with Crippen molar-refractivity contribution in [1.82, 2.24) is 10.3 Å². The summed E-state index contributed by atoms with van der Waals surface area (Å²) in [6.45, 7) is 1.40. The lowest BCUT2D eigenvalue weighted by Gasteiger charge is -2.08. The fourth-order valence-electron chi connectivity index (χ4n) is 1.30. The van der Waals surface area contributed by atoms with E-state index >= 15 is 0 Å². The van der Waals surface area contributed by atoms with Gasteiger partial charge in [-0.1, -0.05) is 0 Å². The Morgan fingerprint density at radius 2 is 2.29 bits per heavy atom. The van der Waals surface area contributed by atoms with Crippen LogP contribution in [-0.4, -0.2) is 28.1 Å². The van der Waals surface area contributed by atoms with Gasteiger partial charge in [0.1, 0.15) is 6.04 Å². The average Bonchev–Trinajstić information content (AvgIpc) is 3.00. The monoisotopic (exact) mass is 255 g/mol.